The van der Waals surface area contributed by atoms with Crippen molar-refractivity contribution in [1.82, 2.24) is 20.1 Å². The summed E-state index contributed by atoms with van der Waals surface area (Å²) in [4.78, 5) is 30.4. The molecule has 3 heterocycles. The number of fused-ring (bicyclic) bond motifs is 1. The van der Waals surface area contributed by atoms with Gasteiger partial charge in [0.15, 0.2) is 0 Å². The zero-order valence-electron chi connectivity index (χ0n) is 18.4. The zero-order valence-corrected chi connectivity index (χ0v) is 19.2. The van der Waals surface area contributed by atoms with Crippen molar-refractivity contribution in [2.45, 2.75) is 57.8 Å². The van der Waals surface area contributed by atoms with Crippen molar-refractivity contribution in [3.63, 3.8) is 0 Å². The van der Waals surface area contributed by atoms with Gasteiger partial charge in [0.1, 0.15) is 5.01 Å². The summed E-state index contributed by atoms with van der Waals surface area (Å²) in [6.45, 7) is 3.16. The van der Waals surface area contributed by atoms with Gasteiger partial charge in [-0.1, -0.05) is 42.2 Å². The molecule has 8 heteroatoms. The third-order valence-electron chi connectivity index (χ3n) is 6.78. The number of anilines is 1. The minimum absolute atomic E-state index is 0.0429. The number of aromatic amines is 1. The Labute approximate surface area is 191 Å². The van der Waals surface area contributed by atoms with Crippen LogP contribution in [0.5, 0.6) is 0 Å². The number of likely N-dealkylation sites (tertiary alicyclic amines) is 1. The number of H-pyrrole nitrogens is 1. The van der Waals surface area contributed by atoms with E-state index >= 15 is 0 Å². The average molecular weight is 452 g/mol. The molecule has 1 saturated carbocycles. The van der Waals surface area contributed by atoms with Crippen LogP contribution in [0.3, 0.4) is 0 Å². The van der Waals surface area contributed by atoms with Crippen LogP contribution in [0.15, 0.2) is 24.4 Å². The van der Waals surface area contributed by atoms with E-state index in [0.717, 1.165) is 29.8 Å². The summed E-state index contributed by atoms with van der Waals surface area (Å²) in [5.74, 6) is 0.0507. The van der Waals surface area contributed by atoms with Gasteiger partial charge in [0, 0.05) is 42.5 Å². The van der Waals surface area contributed by atoms with E-state index < -0.39 is 0 Å². The van der Waals surface area contributed by atoms with E-state index in [2.05, 4.69) is 45.6 Å². The molecular weight excluding hydrogens is 422 g/mol. The number of aromatic nitrogens is 3. The van der Waals surface area contributed by atoms with Crippen LogP contribution in [0, 0.1) is 12.8 Å². The smallest absolute Gasteiger partial charge is 0.231 e. The van der Waals surface area contributed by atoms with Gasteiger partial charge in [0.25, 0.3) is 0 Å². The molecule has 2 amide bonds. The molecule has 168 valence electrons. The fourth-order valence-corrected chi connectivity index (χ4v) is 5.84. The van der Waals surface area contributed by atoms with Crippen molar-refractivity contribution in [3.05, 3.63) is 40.5 Å². The van der Waals surface area contributed by atoms with Crippen LogP contribution in [0.4, 0.5) is 5.13 Å². The Bertz CT molecular complexity index is 1130. The molecule has 1 aromatic carbocycles. The van der Waals surface area contributed by atoms with Crippen molar-refractivity contribution in [2.24, 2.45) is 5.92 Å². The van der Waals surface area contributed by atoms with E-state index in [1.807, 2.05) is 11.1 Å². The summed E-state index contributed by atoms with van der Waals surface area (Å²) >= 11 is 1.48. The number of nitrogens with zero attached hydrogens (tertiary/aromatic N) is 3. The maximum atomic E-state index is 12.8. The lowest BCUT2D eigenvalue weighted by atomic mass is 9.90. The number of nitrogens with one attached hydrogen (secondary N) is 2. The van der Waals surface area contributed by atoms with E-state index in [9.17, 15) is 9.59 Å². The Morgan fingerprint density at radius 2 is 2.09 bits per heavy atom. The van der Waals surface area contributed by atoms with Gasteiger partial charge in [-0.25, -0.2) is 0 Å². The van der Waals surface area contributed by atoms with Crippen molar-refractivity contribution >= 4 is 39.2 Å². The molecule has 5 rings (SSSR count). The number of hydrogen-bond donors (Lipinski definition) is 2. The first-order chi connectivity index (χ1) is 15.6. The molecule has 1 saturated heterocycles. The molecular formula is C24H29N5O2S. The van der Waals surface area contributed by atoms with E-state index in [1.165, 1.54) is 47.1 Å². The van der Waals surface area contributed by atoms with Crippen LogP contribution < -0.4 is 5.32 Å². The van der Waals surface area contributed by atoms with Gasteiger partial charge >= 0.3 is 0 Å². The third-order valence-corrected chi connectivity index (χ3v) is 7.79. The highest BCUT2D eigenvalue weighted by Gasteiger charge is 2.34. The number of benzene rings is 1. The lowest BCUT2D eigenvalue weighted by molar-refractivity contribution is -0.128. The largest absolute Gasteiger partial charge is 0.361 e. The van der Waals surface area contributed by atoms with Crippen LogP contribution >= 0.6 is 11.3 Å². The molecule has 2 fully saturated rings. The molecule has 0 bridgehead atoms. The molecule has 7 nitrogen and oxygen atoms in total. The quantitative estimate of drug-likeness (QED) is 0.581. The number of amides is 2. The van der Waals surface area contributed by atoms with Crippen molar-refractivity contribution in [3.8, 4) is 0 Å². The predicted octanol–water partition coefficient (Wildman–Crippen LogP) is 4.41. The van der Waals surface area contributed by atoms with Gasteiger partial charge < -0.3 is 15.2 Å². The summed E-state index contributed by atoms with van der Waals surface area (Å²) in [5.41, 5.74) is 3.53. The van der Waals surface area contributed by atoms with Gasteiger partial charge in [-0.15, -0.1) is 10.2 Å². The number of rotatable bonds is 6. The topological polar surface area (TPSA) is 91.0 Å². The van der Waals surface area contributed by atoms with E-state index in [0.29, 0.717) is 24.1 Å². The summed E-state index contributed by atoms with van der Waals surface area (Å²) in [6, 6.07) is 6.35. The summed E-state index contributed by atoms with van der Waals surface area (Å²) in [7, 11) is 0. The Morgan fingerprint density at radius 1 is 1.25 bits per heavy atom. The van der Waals surface area contributed by atoms with Crippen LogP contribution in [0.2, 0.25) is 0 Å². The molecule has 0 radical (unpaired) electrons. The second-order valence-electron chi connectivity index (χ2n) is 9.12. The molecule has 0 spiro atoms. The predicted molar refractivity (Wildman–Crippen MR) is 126 cm³/mol. The zero-order chi connectivity index (χ0) is 22.1. The maximum Gasteiger partial charge on any atom is 0.231 e. The molecule has 2 aliphatic rings. The van der Waals surface area contributed by atoms with Crippen LogP contribution in [-0.4, -0.2) is 45.0 Å². The standard InChI is InChI=1S/C24H29N5O2S/c1-15-7-8-20-19(11-15)17(13-25-20)9-10-29-14-18(12-21(29)30)22(31)26-24-28-27-23(32-24)16-5-3-2-4-6-16/h7-8,11,13,16,18,25H,2-6,9-10,12,14H2,1H3,(H,26,28,31)/t18-/m1/s1. The highest BCUT2D eigenvalue weighted by atomic mass is 32.1. The van der Waals surface area contributed by atoms with Crippen molar-refractivity contribution < 1.29 is 9.59 Å². The van der Waals surface area contributed by atoms with Gasteiger partial charge in [-0.05, 0) is 43.9 Å². The second-order valence-corrected chi connectivity index (χ2v) is 10.1. The average Bonchev–Trinajstić information content (AvgIpc) is 3.52. The fraction of sp³-hybridized carbons (Fsp3) is 0.500. The molecule has 2 N–H and O–H groups in total. The van der Waals surface area contributed by atoms with Crippen LogP contribution in [-0.2, 0) is 16.0 Å². The SMILES string of the molecule is Cc1ccc2[nH]cc(CCN3C[C@H](C(=O)Nc4nnc(C5CCCCC5)s4)CC3=O)c2c1. The molecule has 0 unspecified atom stereocenters. The Kier molecular flexibility index (Phi) is 5.95. The Morgan fingerprint density at radius 3 is 2.94 bits per heavy atom. The number of hydrogen-bond acceptors (Lipinski definition) is 5. The highest BCUT2D eigenvalue weighted by molar-refractivity contribution is 7.15. The highest BCUT2D eigenvalue weighted by Crippen LogP contribution is 2.35. The first-order valence-corrected chi connectivity index (χ1v) is 12.4. The normalized spacial score (nSPS) is 19.7. The first-order valence-electron chi connectivity index (χ1n) is 11.6. The summed E-state index contributed by atoms with van der Waals surface area (Å²) in [6.07, 6.45) is 9.14. The van der Waals surface area contributed by atoms with E-state index in [-0.39, 0.29) is 24.2 Å². The van der Waals surface area contributed by atoms with Crippen molar-refractivity contribution in [1.29, 1.82) is 0 Å². The van der Waals surface area contributed by atoms with Gasteiger partial charge in [0.2, 0.25) is 16.9 Å². The third kappa shape index (κ3) is 4.41. The number of carbonyl (C=O) groups excluding carboxylic acids is 2. The molecule has 3 aromatic rings. The lowest BCUT2D eigenvalue weighted by Crippen LogP contribution is -2.30. The van der Waals surface area contributed by atoms with Crippen molar-refractivity contribution in [2.75, 3.05) is 18.4 Å². The second kappa shape index (κ2) is 9.02. The Hall–Kier alpha value is -2.74. The minimum Gasteiger partial charge on any atom is -0.361 e. The molecule has 1 atom stereocenters. The molecule has 2 aromatic heterocycles. The van der Waals surface area contributed by atoms with Gasteiger partial charge in [-0.2, -0.15) is 0 Å². The Balaban J connectivity index is 1.17. The molecule has 1 aliphatic heterocycles. The van der Waals surface area contributed by atoms with E-state index in [4.69, 9.17) is 0 Å². The monoisotopic (exact) mass is 451 g/mol. The molecule has 1 aliphatic carbocycles. The van der Waals surface area contributed by atoms with Crippen LogP contribution in [0.1, 0.15) is 60.6 Å². The van der Waals surface area contributed by atoms with Gasteiger partial charge in [-0.3, -0.25) is 9.59 Å². The molecule has 32 heavy (non-hydrogen) atoms. The van der Waals surface area contributed by atoms with Gasteiger partial charge in [0.05, 0.1) is 5.92 Å². The summed E-state index contributed by atoms with van der Waals surface area (Å²) < 4.78 is 0. The first kappa shape index (κ1) is 21.1. The van der Waals surface area contributed by atoms with Crippen LogP contribution in [0.25, 0.3) is 10.9 Å². The summed E-state index contributed by atoms with van der Waals surface area (Å²) in [5, 5.41) is 14.2. The van der Waals surface area contributed by atoms with E-state index in [1.54, 1.807) is 0 Å². The lowest BCUT2D eigenvalue weighted by Gasteiger charge is -2.18. The minimum atomic E-state index is -0.338. The number of aryl methyl sites for hydroxylation is 1. The number of carbonyl (C=O) groups is 2. The fourth-order valence-electron chi connectivity index (χ4n) is 4.93. The maximum absolute atomic E-state index is 12.8.